The van der Waals surface area contributed by atoms with Crippen molar-refractivity contribution in [1.29, 1.82) is 0 Å². The van der Waals surface area contributed by atoms with Gasteiger partial charge in [0.25, 0.3) is 10.0 Å². The van der Waals surface area contributed by atoms with E-state index in [2.05, 4.69) is 26.9 Å². The predicted molar refractivity (Wildman–Crippen MR) is 111 cm³/mol. The molecule has 1 aromatic carbocycles. The van der Waals surface area contributed by atoms with Gasteiger partial charge >= 0.3 is 0 Å². The fourth-order valence-electron chi connectivity index (χ4n) is 3.13. The van der Waals surface area contributed by atoms with Crippen LogP contribution in [0.4, 0.5) is 11.5 Å². The Bertz CT molecular complexity index is 1030. The molecule has 0 amide bonds. The van der Waals surface area contributed by atoms with Crippen molar-refractivity contribution in [3.63, 3.8) is 0 Å². The maximum atomic E-state index is 12.4. The van der Waals surface area contributed by atoms with Crippen LogP contribution in [0.5, 0.6) is 0 Å². The van der Waals surface area contributed by atoms with Crippen molar-refractivity contribution >= 4 is 32.9 Å². The average molecular weight is 417 g/mol. The number of nitrogens with one attached hydrogen (secondary N) is 2. The van der Waals surface area contributed by atoms with E-state index in [0.717, 1.165) is 37.6 Å². The summed E-state index contributed by atoms with van der Waals surface area (Å²) in [6.07, 6.45) is 0. The summed E-state index contributed by atoms with van der Waals surface area (Å²) in [6.45, 7) is 4.13. The summed E-state index contributed by atoms with van der Waals surface area (Å²) in [6, 6.07) is 14.4. The van der Waals surface area contributed by atoms with E-state index in [4.69, 9.17) is 0 Å². The molecule has 3 heterocycles. The van der Waals surface area contributed by atoms with Gasteiger partial charge in [-0.05, 0) is 35.7 Å². The first-order valence-electron chi connectivity index (χ1n) is 9.08. The first kappa shape index (κ1) is 18.9. The van der Waals surface area contributed by atoms with E-state index in [1.165, 1.54) is 16.2 Å². The molecule has 1 saturated heterocycles. The number of piperazine rings is 1. The van der Waals surface area contributed by atoms with Gasteiger partial charge in [0.15, 0.2) is 5.82 Å². The molecule has 146 valence electrons. The smallest absolute Gasteiger partial charge is 0.271 e. The van der Waals surface area contributed by atoms with Crippen LogP contribution in [0.15, 0.2) is 58.1 Å². The van der Waals surface area contributed by atoms with E-state index in [0.29, 0.717) is 11.4 Å². The maximum Gasteiger partial charge on any atom is 0.271 e. The quantitative estimate of drug-likeness (QED) is 0.656. The molecule has 0 aliphatic carbocycles. The average Bonchev–Trinajstić information content (AvgIpc) is 3.25. The van der Waals surface area contributed by atoms with Crippen LogP contribution in [0.1, 0.15) is 0 Å². The summed E-state index contributed by atoms with van der Waals surface area (Å²) in [5, 5.41) is 10.5. The molecule has 0 atom stereocenters. The maximum absolute atomic E-state index is 12.4. The van der Waals surface area contributed by atoms with Crippen molar-refractivity contribution in [2.75, 3.05) is 42.8 Å². The molecule has 0 spiro atoms. The van der Waals surface area contributed by atoms with E-state index in [1.807, 2.05) is 18.2 Å². The molecule has 0 radical (unpaired) electrons. The number of thiophene rings is 1. The van der Waals surface area contributed by atoms with Crippen molar-refractivity contribution in [2.45, 2.75) is 4.21 Å². The highest BCUT2D eigenvalue weighted by Crippen LogP contribution is 2.25. The number of aromatic nitrogens is 2. The Hall–Kier alpha value is -2.49. The summed E-state index contributed by atoms with van der Waals surface area (Å²) in [4.78, 5) is 3.78. The number of rotatable bonds is 5. The van der Waals surface area contributed by atoms with Gasteiger partial charge in [0.2, 0.25) is 0 Å². The number of likely N-dealkylation sites (N-methyl/N-ethyl adjacent to an activating group) is 1. The summed E-state index contributed by atoms with van der Waals surface area (Å²) < 4.78 is 27.7. The first-order chi connectivity index (χ1) is 13.5. The Morgan fingerprint density at radius 1 is 1.07 bits per heavy atom. The van der Waals surface area contributed by atoms with Crippen LogP contribution in [0.25, 0.3) is 11.3 Å². The Morgan fingerprint density at radius 3 is 2.57 bits per heavy atom. The lowest BCUT2D eigenvalue weighted by Crippen LogP contribution is -3.12. The van der Waals surface area contributed by atoms with Gasteiger partial charge in [-0.25, -0.2) is 8.42 Å². The highest BCUT2D eigenvalue weighted by Gasteiger charge is 2.18. The normalized spacial score (nSPS) is 15.5. The second-order valence-electron chi connectivity index (χ2n) is 6.84. The fourth-order valence-corrected chi connectivity index (χ4v) is 5.17. The number of nitrogens with zero attached hydrogens (tertiary/aromatic N) is 3. The number of sulfonamides is 1. The molecule has 28 heavy (non-hydrogen) atoms. The summed E-state index contributed by atoms with van der Waals surface area (Å²) in [5.74, 6) is 0.880. The topological polar surface area (TPSA) is 79.6 Å². The lowest BCUT2D eigenvalue weighted by molar-refractivity contribution is -0.880. The molecule has 0 bridgehead atoms. The SMILES string of the molecule is C[NH+]1CCN(c2ccc(-c3cccc(NS(=O)(=O)c4cccs4)c3)nn2)CC1. The standard InChI is InChI=1S/C19H21N5O2S2/c1-23-9-11-24(12-10-23)18-8-7-17(20-21-18)15-4-2-5-16(14-15)22-28(25,26)19-6-3-13-27-19/h2-8,13-14,22H,9-12H2,1H3/p+1. The second-order valence-corrected chi connectivity index (χ2v) is 9.70. The number of hydrogen-bond acceptors (Lipinski definition) is 6. The van der Waals surface area contributed by atoms with Crippen molar-refractivity contribution in [1.82, 2.24) is 10.2 Å². The third-order valence-corrected chi connectivity index (χ3v) is 7.54. The minimum atomic E-state index is -3.57. The van der Waals surface area contributed by atoms with Crippen molar-refractivity contribution in [3.05, 3.63) is 53.9 Å². The van der Waals surface area contributed by atoms with Crippen LogP contribution in [-0.2, 0) is 10.0 Å². The fraction of sp³-hybridized carbons (Fsp3) is 0.263. The Labute approximate surface area is 168 Å². The molecular formula is C19H22N5O2S2+. The largest absolute Gasteiger partial charge is 0.344 e. The summed E-state index contributed by atoms with van der Waals surface area (Å²) in [5.41, 5.74) is 2.02. The molecular weight excluding hydrogens is 394 g/mol. The van der Waals surface area contributed by atoms with Gasteiger partial charge in [0.05, 0.1) is 38.9 Å². The van der Waals surface area contributed by atoms with E-state index in [1.54, 1.807) is 35.7 Å². The number of anilines is 2. The molecule has 0 saturated carbocycles. The van der Waals surface area contributed by atoms with Gasteiger partial charge in [-0.1, -0.05) is 18.2 Å². The predicted octanol–water partition coefficient (Wildman–Crippen LogP) is 1.34. The van der Waals surface area contributed by atoms with Crippen LogP contribution in [0.2, 0.25) is 0 Å². The van der Waals surface area contributed by atoms with Crippen LogP contribution in [0, 0.1) is 0 Å². The second kappa shape index (κ2) is 7.86. The molecule has 1 aliphatic rings. The lowest BCUT2D eigenvalue weighted by Gasteiger charge is -2.30. The van der Waals surface area contributed by atoms with E-state index < -0.39 is 10.0 Å². The zero-order valence-corrected chi connectivity index (χ0v) is 17.1. The van der Waals surface area contributed by atoms with Crippen molar-refractivity contribution in [3.8, 4) is 11.3 Å². The first-order valence-corrected chi connectivity index (χ1v) is 11.4. The van der Waals surface area contributed by atoms with E-state index in [9.17, 15) is 8.42 Å². The molecule has 1 aliphatic heterocycles. The molecule has 3 aromatic rings. The zero-order chi connectivity index (χ0) is 19.6. The molecule has 7 nitrogen and oxygen atoms in total. The highest BCUT2D eigenvalue weighted by atomic mass is 32.2. The molecule has 0 unspecified atom stereocenters. The molecule has 2 N–H and O–H groups in total. The summed E-state index contributed by atoms with van der Waals surface area (Å²) >= 11 is 1.19. The molecule has 4 rings (SSSR count). The van der Waals surface area contributed by atoms with Gasteiger partial charge < -0.3 is 9.80 Å². The molecule has 2 aromatic heterocycles. The number of hydrogen-bond donors (Lipinski definition) is 2. The Balaban J connectivity index is 1.51. The van der Waals surface area contributed by atoms with Gasteiger partial charge in [-0.2, -0.15) is 0 Å². The van der Waals surface area contributed by atoms with Crippen molar-refractivity contribution < 1.29 is 13.3 Å². The Morgan fingerprint density at radius 2 is 1.89 bits per heavy atom. The van der Waals surface area contributed by atoms with Gasteiger partial charge in [-0.15, -0.1) is 21.5 Å². The molecule has 9 heteroatoms. The van der Waals surface area contributed by atoms with Crippen LogP contribution < -0.4 is 14.5 Å². The van der Waals surface area contributed by atoms with Crippen molar-refractivity contribution in [2.24, 2.45) is 0 Å². The highest BCUT2D eigenvalue weighted by molar-refractivity contribution is 7.94. The number of benzene rings is 1. The van der Waals surface area contributed by atoms with Crippen LogP contribution in [-0.4, -0.2) is 51.8 Å². The number of quaternary nitrogens is 1. The van der Waals surface area contributed by atoms with Gasteiger partial charge in [0, 0.05) is 11.3 Å². The van der Waals surface area contributed by atoms with E-state index >= 15 is 0 Å². The third kappa shape index (κ3) is 4.16. The van der Waals surface area contributed by atoms with Gasteiger partial charge in [-0.3, -0.25) is 4.72 Å². The van der Waals surface area contributed by atoms with Crippen LogP contribution >= 0.6 is 11.3 Å². The van der Waals surface area contributed by atoms with Gasteiger partial charge in [0.1, 0.15) is 4.21 Å². The van der Waals surface area contributed by atoms with Crippen LogP contribution in [0.3, 0.4) is 0 Å². The summed E-state index contributed by atoms with van der Waals surface area (Å²) in [7, 11) is -1.37. The third-order valence-electron chi connectivity index (χ3n) is 4.76. The Kier molecular flexibility index (Phi) is 5.29. The zero-order valence-electron chi connectivity index (χ0n) is 15.5. The minimum absolute atomic E-state index is 0.288. The monoisotopic (exact) mass is 416 g/mol. The lowest BCUT2D eigenvalue weighted by atomic mass is 10.1. The minimum Gasteiger partial charge on any atom is -0.344 e. The molecule has 1 fully saturated rings. The van der Waals surface area contributed by atoms with E-state index in [-0.39, 0.29) is 4.21 Å².